The van der Waals surface area contributed by atoms with Gasteiger partial charge in [-0.2, -0.15) is 0 Å². The van der Waals surface area contributed by atoms with E-state index >= 15 is 0 Å². The van der Waals surface area contributed by atoms with Gasteiger partial charge in [0.2, 0.25) is 11.8 Å². The number of piperidine rings is 1. The minimum Gasteiger partial charge on any atom is -0.339 e. The summed E-state index contributed by atoms with van der Waals surface area (Å²) >= 11 is 0. The second-order valence-corrected chi connectivity index (χ2v) is 7.88. The molecule has 4 nitrogen and oxygen atoms in total. The molecule has 152 valence electrons. The maximum absolute atomic E-state index is 13.0. The Morgan fingerprint density at radius 2 is 1.66 bits per heavy atom. The van der Waals surface area contributed by atoms with Crippen LogP contribution in [0.15, 0.2) is 60.7 Å². The Morgan fingerprint density at radius 1 is 1.03 bits per heavy atom. The molecule has 0 bridgehead atoms. The molecule has 0 aromatic heterocycles. The minimum absolute atomic E-state index is 0.0149. The number of hydrogen-bond acceptors (Lipinski definition) is 2. The van der Waals surface area contributed by atoms with E-state index in [4.69, 9.17) is 0 Å². The maximum Gasteiger partial charge on any atom is 0.246 e. The van der Waals surface area contributed by atoms with Crippen LogP contribution in [0.5, 0.6) is 0 Å². The van der Waals surface area contributed by atoms with E-state index in [1.54, 1.807) is 6.08 Å². The highest BCUT2D eigenvalue weighted by atomic mass is 16.2. The highest BCUT2D eigenvalue weighted by Gasteiger charge is 2.30. The molecule has 1 unspecified atom stereocenters. The van der Waals surface area contributed by atoms with Crippen LogP contribution in [-0.2, 0) is 9.59 Å². The first-order valence-electron chi connectivity index (χ1n) is 10.3. The molecule has 0 aliphatic carbocycles. The number of hydrogen-bond donors (Lipinski definition) is 0. The average molecular weight is 391 g/mol. The molecule has 3 rings (SSSR count). The lowest BCUT2D eigenvalue weighted by molar-refractivity contribution is -0.139. The summed E-state index contributed by atoms with van der Waals surface area (Å²) in [5.74, 6) is 0.168. The van der Waals surface area contributed by atoms with Gasteiger partial charge in [-0.05, 0) is 43.9 Å². The molecule has 2 amide bonds. The standard InChI is InChI=1S/C25H30N2O2/c1-19-9-12-22(13-10-19)20(2)26(3)25(29)23-15-17-27(18-16-23)24(28)14-11-21-7-5-4-6-8-21/h4-14,20,23H,15-18H2,1-3H3/b14-11+. The molecule has 1 fully saturated rings. The fourth-order valence-corrected chi connectivity index (χ4v) is 3.73. The molecule has 2 aromatic rings. The Balaban J connectivity index is 1.52. The van der Waals surface area contributed by atoms with Crippen molar-refractivity contribution < 1.29 is 9.59 Å². The first-order chi connectivity index (χ1) is 14.0. The monoisotopic (exact) mass is 390 g/mol. The molecule has 1 atom stereocenters. The Morgan fingerprint density at radius 3 is 2.28 bits per heavy atom. The molecular formula is C25H30N2O2. The van der Waals surface area contributed by atoms with Crippen LogP contribution in [0.3, 0.4) is 0 Å². The van der Waals surface area contributed by atoms with Gasteiger partial charge in [-0.25, -0.2) is 0 Å². The van der Waals surface area contributed by atoms with Gasteiger partial charge in [0.05, 0.1) is 6.04 Å². The molecule has 1 saturated heterocycles. The van der Waals surface area contributed by atoms with Crippen LogP contribution < -0.4 is 0 Å². The van der Waals surface area contributed by atoms with E-state index in [0.29, 0.717) is 25.9 Å². The zero-order valence-electron chi connectivity index (χ0n) is 17.5. The van der Waals surface area contributed by atoms with Crippen LogP contribution in [0.25, 0.3) is 6.08 Å². The molecule has 2 aromatic carbocycles. The van der Waals surface area contributed by atoms with Crippen LogP contribution in [0, 0.1) is 12.8 Å². The number of carbonyl (C=O) groups excluding carboxylic acids is 2. The van der Waals surface area contributed by atoms with Crippen molar-refractivity contribution >= 4 is 17.9 Å². The van der Waals surface area contributed by atoms with Gasteiger partial charge < -0.3 is 9.80 Å². The van der Waals surface area contributed by atoms with Crippen molar-refractivity contribution in [3.8, 4) is 0 Å². The van der Waals surface area contributed by atoms with Crippen molar-refractivity contribution in [2.75, 3.05) is 20.1 Å². The molecule has 4 heteroatoms. The zero-order chi connectivity index (χ0) is 20.8. The van der Waals surface area contributed by atoms with Gasteiger partial charge in [-0.1, -0.05) is 60.2 Å². The van der Waals surface area contributed by atoms with Crippen LogP contribution in [-0.4, -0.2) is 41.8 Å². The summed E-state index contributed by atoms with van der Waals surface area (Å²) in [4.78, 5) is 29.1. The van der Waals surface area contributed by atoms with E-state index in [-0.39, 0.29) is 23.8 Å². The lowest BCUT2D eigenvalue weighted by Gasteiger charge is -2.34. The van der Waals surface area contributed by atoms with Crippen molar-refractivity contribution in [2.45, 2.75) is 32.7 Å². The number of nitrogens with zero attached hydrogens (tertiary/aromatic N) is 2. The summed E-state index contributed by atoms with van der Waals surface area (Å²) in [6.07, 6.45) is 4.91. The van der Waals surface area contributed by atoms with Crippen LogP contribution in [0.2, 0.25) is 0 Å². The minimum atomic E-state index is -0.0185. The van der Waals surface area contributed by atoms with Gasteiger partial charge in [0.15, 0.2) is 0 Å². The van der Waals surface area contributed by atoms with Gasteiger partial charge in [-0.15, -0.1) is 0 Å². The Labute approximate surface area is 173 Å². The third-order valence-corrected chi connectivity index (χ3v) is 5.86. The van der Waals surface area contributed by atoms with E-state index in [1.807, 2.05) is 53.3 Å². The van der Waals surface area contributed by atoms with Crippen molar-refractivity contribution in [1.29, 1.82) is 0 Å². The van der Waals surface area contributed by atoms with Crippen LogP contribution in [0.4, 0.5) is 0 Å². The van der Waals surface area contributed by atoms with Crippen molar-refractivity contribution in [3.05, 3.63) is 77.4 Å². The molecule has 0 radical (unpaired) electrons. The Hall–Kier alpha value is -2.88. The van der Waals surface area contributed by atoms with E-state index in [2.05, 4.69) is 38.1 Å². The van der Waals surface area contributed by atoms with Crippen molar-refractivity contribution in [1.82, 2.24) is 9.80 Å². The molecule has 0 N–H and O–H groups in total. The Bertz CT molecular complexity index is 850. The summed E-state index contributed by atoms with van der Waals surface area (Å²) in [5, 5.41) is 0. The SMILES string of the molecule is Cc1ccc(C(C)N(C)C(=O)C2CCN(C(=O)/C=C/c3ccccc3)CC2)cc1. The normalized spacial score (nSPS) is 16.0. The van der Waals surface area contributed by atoms with Gasteiger partial charge in [0.25, 0.3) is 0 Å². The molecule has 0 spiro atoms. The lowest BCUT2D eigenvalue weighted by Crippen LogP contribution is -2.43. The third-order valence-electron chi connectivity index (χ3n) is 5.86. The number of rotatable bonds is 5. The largest absolute Gasteiger partial charge is 0.339 e. The number of likely N-dealkylation sites (tertiary alicyclic amines) is 1. The molecular weight excluding hydrogens is 360 g/mol. The van der Waals surface area contributed by atoms with Gasteiger partial charge in [0.1, 0.15) is 0 Å². The summed E-state index contributed by atoms with van der Waals surface area (Å²) in [5.41, 5.74) is 3.37. The van der Waals surface area contributed by atoms with Crippen LogP contribution in [0.1, 0.15) is 42.5 Å². The lowest BCUT2D eigenvalue weighted by atomic mass is 9.94. The van der Waals surface area contributed by atoms with Crippen LogP contribution >= 0.6 is 0 Å². The molecule has 1 heterocycles. The molecule has 29 heavy (non-hydrogen) atoms. The maximum atomic E-state index is 13.0. The number of benzene rings is 2. The fraction of sp³-hybridized carbons (Fsp3) is 0.360. The molecule has 0 saturated carbocycles. The van der Waals surface area contributed by atoms with Gasteiger partial charge in [0, 0.05) is 32.1 Å². The summed E-state index contributed by atoms with van der Waals surface area (Å²) in [6.45, 7) is 5.38. The quantitative estimate of drug-likeness (QED) is 0.707. The Kier molecular flexibility index (Phi) is 6.86. The third kappa shape index (κ3) is 5.35. The van der Waals surface area contributed by atoms with Crippen molar-refractivity contribution in [3.63, 3.8) is 0 Å². The number of carbonyl (C=O) groups is 2. The second kappa shape index (κ2) is 9.55. The van der Waals surface area contributed by atoms with E-state index < -0.39 is 0 Å². The highest BCUT2D eigenvalue weighted by Crippen LogP contribution is 2.25. The summed E-state index contributed by atoms with van der Waals surface area (Å²) in [6, 6.07) is 18.2. The van der Waals surface area contributed by atoms with Gasteiger partial charge >= 0.3 is 0 Å². The smallest absolute Gasteiger partial charge is 0.246 e. The van der Waals surface area contributed by atoms with E-state index in [1.165, 1.54) is 5.56 Å². The second-order valence-electron chi connectivity index (χ2n) is 7.88. The first kappa shape index (κ1) is 20.8. The van der Waals surface area contributed by atoms with Gasteiger partial charge in [-0.3, -0.25) is 9.59 Å². The predicted octanol–water partition coefficient (Wildman–Crippen LogP) is 4.47. The zero-order valence-corrected chi connectivity index (χ0v) is 17.5. The van der Waals surface area contributed by atoms with Crippen molar-refractivity contribution in [2.24, 2.45) is 5.92 Å². The van der Waals surface area contributed by atoms with E-state index in [0.717, 1.165) is 11.1 Å². The number of aryl methyl sites for hydroxylation is 1. The van der Waals surface area contributed by atoms with E-state index in [9.17, 15) is 9.59 Å². The molecule has 1 aliphatic rings. The highest BCUT2D eigenvalue weighted by molar-refractivity contribution is 5.92. The fourth-order valence-electron chi connectivity index (χ4n) is 3.73. The topological polar surface area (TPSA) is 40.6 Å². The number of amides is 2. The summed E-state index contributed by atoms with van der Waals surface area (Å²) < 4.78 is 0. The summed E-state index contributed by atoms with van der Waals surface area (Å²) in [7, 11) is 1.88. The average Bonchev–Trinajstić information content (AvgIpc) is 2.77. The predicted molar refractivity (Wildman–Crippen MR) is 117 cm³/mol. The molecule has 1 aliphatic heterocycles. The first-order valence-corrected chi connectivity index (χ1v) is 10.3.